The fraction of sp³-hybridized carbons (Fsp3) is 0.615. The number of methoxy groups -OCH3 is 1. The van der Waals surface area contributed by atoms with Crippen LogP contribution in [0.4, 0.5) is 0 Å². The molecule has 0 aliphatic rings. The molecular formula is C13H20O4S. The number of hydrogen-bond acceptors (Lipinski definition) is 5. The van der Waals surface area contributed by atoms with E-state index in [2.05, 4.69) is 4.74 Å². The van der Waals surface area contributed by atoms with E-state index in [0.717, 1.165) is 0 Å². The summed E-state index contributed by atoms with van der Waals surface area (Å²) in [6.07, 6.45) is 1.71. The predicted octanol–water partition coefficient (Wildman–Crippen LogP) is 3.09. The van der Waals surface area contributed by atoms with Crippen molar-refractivity contribution < 1.29 is 19.7 Å². The number of thiophene rings is 1. The van der Waals surface area contributed by atoms with Crippen LogP contribution in [0.3, 0.4) is 0 Å². The van der Waals surface area contributed by atoms with Gasteiger partial charge in [-0.3, -0.25) is 4.79 Å². The molecule has 5 heteroatoms. The molecule has 0 saturated carbocycles. The molecule has 2 N–H and O–H groups in total. The first kappa shape index (κ1) is 14.8. The van der Waals surface area contributed by atoms with E-state index < -0.39 is 0 Å². The minimum absolute atomic E-state index is 0.160. The second kappa shape index (κ2) is 5.61. The van der Waals surface area contributed by atoms with Crippen LogP contribution in [0.25, 0.3) is 0 Å². The zero-order valence-corrected chi connectivity index (χ0v) is 12.1. The molecule has 0 unspecified atom stereocenters. The molecule has 0 saturated heterocycles. The van der Waals surface area contributed by atoms with Gasteiger partial charge >= 0.3 is 5.97 Å². The summed E-state index contributed by atoms with van der Waals surface area (Å²) >= 11 is 1.18. The third-order valence-corrected chi connectivity index (χ3v) is 4.02. The van der Waals surface area contributed by atoms with Crippen molar-refractivity contribution in [1.82, 2.24) is 0 Å². The maximum absolute atomic E-state index is 11.1. The predicted molar refractivity (Wildman–Crippen MR) is 71.3 cm³/mol. The second-order valence-electron chi connectivity index (χ2n) is 5.00. The Hall–Kier alpha value is -1.23. The number of carbonyl (C=O) groups excluding carboxylic acids is 1. The lowest BCUT2D eigenvalue weighted by atomic mass is 9.80. The average molecular weight is 272 g/mol. The standard InChI is InChI=1S/C13H20O4S/c1-8-11(15)10(12(16)18-8)13(2,3)7-5-6-9(14)17-4/h15-16H,5-7H2,1-4H3. The molecule has 18 heavy (non-hydrogen) atoms. The van der Waals surface area contributed by atoms with Crippen molar-refractivity contribution in [2.24, 2.45) is 0 Å². The molecule has 0 atom stereocenters. The second-order valence-corrected chi connectivity index (χ2v) is 6.20. The van der Waals surface area contributed by atoms with Crippen LogP contribution in [0.1, 0.15) is 43.6 Å². The molecule has 0 amide bonds. The van der Waals surface area contributed by atoms with Crippen LogP contribution in [0.2, 0.25) is 0 Å². The van der Waals surface area contributed by atoms with Gasteiger partial charge in [0.2, 0.25) is 0 Å². The summed E-state index contributed by atoms with van der Waals surface area (Å²) in [6, 6.07) is 0. The normalized spacial score (nSPS) is 11.6. The lowest BCUT2D eigenvalue weighted by Crippen LogP contribution is -2.17. The zero-order valence-electron chi connectivity index (χ0n) is 11.2. The Morgan fingerprint density at radius 3 is 2.44 bits per heavy atom. The number of ether oxygens (including phenoxy) is 1. The number of rotatable bonds is 5. The molecule has 1 aromatic rings. The molecule has 0 aromatic carbocycles. The number of aryl methyl sites for hydroxylation is 1. The van der Waals surface area contributed by atoms with E-state index in [9.17, 15) is 15.0 Å². The van der Waals surface area contributed by atoms with E-state index in [4.69, 9.17) is 0 Å². The molecule has 0 radical (unpaired) electrons. The Morgan fingerprint density at radius 1 is 1.39 bits per heavy atom. The summed E-state index contributed by atoms with van der Waals surface area (Å²) in [5.41, 5.74) is 0.210. The number of aromatic hydroxyl groups is 2. The molecule has 0 aliphatic heterocycles. The molecule has 4 nitrogen and oxygen atoms in total. The van der Waals surface area contributed by atoms with Gasteiger partial charge in [0.05, 0.1) is 12.7 Å². The van der Waals surface area contributed by atoms with E-state index in [0.29, 0.717) is 29.7 Å². The maximum Gasteiger partial charge on any atom is 0.305 e. The van der Waals surface area contributed by atoms with Crippen molar-refractivity contribution in [1.29, 1.82) is 0 Å². The van der Waals surface area contributed by atoms with Crippen LogP contribution in [0.15, 0.2) is 0 Å². The van der Waals surface area contributed by atoms with Crippen LogP contribution < -0.4 is 0 Å². The summed E-state index contributed by atoms with van der Waals surface area (Å²) in [5, 5.41) is 20.0. The summed E-state index contributed by atoms with van der Waals surface area (Å²) in [5.74, 6) is -0.0682. The van der Waals surface area contributed by atoms with Gasteiger partial charge in [-0.2, -0.15) is 0 Å². The van der Waals surface area contributed by atoms with Crippen molar-refractivity contribution in [3.63, 3.8) is 0 Å². The molecule has 1 aromatic heterocycles. The van der Waals surface area contributed by atoms with Crippen molar-refractivity contribution in [2.45, 2.75) is 45.4 Å². The topological polar surface area (TPSA) is 66.8 Å². The molecule has 0 bridgehead atoms. The van der Waals surface area contributed by atoms with Gasteiger partial charge in [0.25, 0.3) is 0 Å². The Labute approximate surface area is 111 Å². The van der Waals surface area contributed by atoms with Gasteiger partial charge in [-0.15, -0.1) is 11.3 Å². The smallest absolute Gasteiger partial charge is 0.305 e. The molecule has 102 valence electrons. The Kier molecular flexibility index (Phi) is 4.62. The highest BCUT2D eigenvalue weighted by molar-refractivity contribution is 7.14. The highest BCUT2D eigenvalue weighted by Crippen LogP contribution is 2.47. The number of hydrogen-bond donors (Lipinski definition) is 2. The lowest BCUT2D eigenvalue weighted by molar-refractivity contribution is -0.140. The molecule has 0 fully saturated rings. The van der Waals surface area contributed by atoms with Gasteiger partial charge in [0.15, 0.2) is 5.06 Å². The Bertz CT molecular complexity index is 434. The van der Waals surface area contributed by atoms with Crippen LogP contribution in [0.5, 0.6) is 10.8 Å². The Morgan fingerprint density at radius 2 is 2.00 bits per heavy atom. The zero-order chi connectivity index (χ0) is 13.9. The van der Waals surface area contributed by atoms with Gasteiger partial charge in [-0.05, 0) is 25.2 Å². The highest BCUT2D eigenvalue weighted by atomic mass is 32.1. The van der Waals surface area contributed by atoms with Gasteiger partial charge in [0, 0.05) is 11.3 Å². The first-order valence-corrected chi connectivity index (χ1v) is 6.70. The van der Waals surface area contributed by atoms with Crippen molar-refractivity contribution in [2.75, 3.05) is 7.11 Å². The van der Waals surface area contributed by atoms with Crippen LogP contribution in [0, 0.1) is 6.92 Å². The fourth-order valence-corrected chi connectivity index (χ4v) is 3.00. The summed E-state index contributed by atoms with van der Waals surface area (Å²) in [7, 11) is 1.37. The maximum atomic E-state index is 11.1. The summed E-state index contributed by atoms with van der Waals surface area (Å²) in [4.78, 5) is 11.8. The fourth-order valence-electron chi connectivity index (χ4n) is 2.03. The molecule has 1 rings (SSSR count). The van der Waals surface area contributed by atoms with Crippen LogP contribution in [-0.4, -0.2) is 23.3 Å². The first-order chi connectivity index (χ1) is 8.29. The van der Waals surface area contributed by atoms with Gasteiger partial charge in [-0.25, -0.2) is 0 Å². The minimum atomic E-state index is -0.368. The number of carbonyl (C=O) groups is 1. The van der Waals surface area contributed by atoms with E-state index in [1.54, 1.807) is 6.92 Å². The van der Waals surface area contributed by atoms with Gasteiger partial charge < -0.3 is 14.9 Å². The SMILES string of the molecule is COC(=O)CCCC(C)(C)c1c(O)sc(C)c1O. The summed E-state index contributed by atoms with van der Waals surface area (Å²) in [6.45, 7) is 5.67. The molecule has 0 spiro atoms. The van der Waals surface area contributed by atoms with Crippen LogP contribution >= 0.6 is 11.3 Å². The summed E-state index contributed by atoms with van der Waals surface area (Å²) < 4.78 is 4.59. The Balaban J connectivity index is 2.76. The third-order valence-electron chi connectivity index (χ3n) is 3.12. The molecule has 0 aliphatic carbocycles. The van der Waals surface area contributed by atoms with E-state index in [1.165, 1.54) is 18.4 Å². The third kappa shape index (κ3) is 3.16. The number of esters is 1. The van der Waals surface area contributed by atoms with E-state index >= 15 is 0 Å². The average Bonchev–Trinajstić information content (AvgIpc) is 2.52. The highest BCUT2D eigenvalue weighted by Gasteiger charge is 2.30. The van der Waals surface area contributed by atoms with Crippen molar-refractivity contribution >= 4 is 17.3 Å². The lowest BCUT2D eigenvalue weighted by Gasteiger charge is -2.24. The largest absolute Gasteiger partial charge is 0.506 e. The molecular weight excluding hydrogens is 252 g/mol. The van der Waals surface area contributed by atoms with Crippen LogP contribution in [-0.2, 0) is 14.9 Å². The van der Waals surface area contributed by atoms with E-state index in [-0.39, 0.29) is 22.2 Å². The first-order valence-electron chi connectivity index (χ1n) is 5.88. The van der Waals surface area contributed by atoms with Gasteiger partial charge in [0.1, 0.15) is 5.75 Å². The van der Waals surface area contributed by atoms with Crippen molar-refractivity contribution in [3.8, 4) is 10.8 Å². The van der Waals surface area contributed by atoms with Gasteiger partial charge in [-0.1, -0.05) is 13.8 Å². The quantitative estimate of drug-likeness (QED) is 0.808. The molecule has 1 heterocycles. The minimum Gasteiger partial charge on any atom is -0.506 e. The monoisotopic (exact) mass is 272 g/mol. The van der Waals surface area contributed by atoms with E-state index in [1.807, 2.05) is 13.8 Å². The van der Waals surface area contributed by atoms with Crippen molar-refractivity contribution in [3.05, 3.63) is 10.4 Å².